The van der Waals surface area contributed by atoms with Gasteiger partial charge in [0.1, 0.15) is 0 Å². The second kappa shape index (κ2) is 6.04. The summed E-state index contributed by atoms with van der Waals surface area (Å²) in [7, 11) is 0. The Labute approximate surface area is 134 Å². The van der Waals surface area contributed by atoms with Crippen LogP contribution in [0, 0.1) is 0 Å². The predicted molar refractivity (Wildman–Crippen MR) is 88.3 cm³/mol. The average molecular weight is 307 g/mol. The molecule has 3 aromatic rings. The number of benzene rings is 2. The van der Waals surface area contributed by atoms with Crippen LogP contribution >= 0.6 is 0 Å². The zero-order chi connectivity index (χ0) is 16.4. The van der Waals surface area contributed by atoms with Gasteiger partial charge in [0, 0.05) is 11.1 Å². The molecule has 0 saturated carbocycles. The first-order valence-electron chi connectivity index (χ1n) is 7.41. The van der Waals surface area contributed by atoms with Crippen LogP contribution < -0.4 is 0 Å². The van der Waals surface area contributed by atoms with Crippen LogP contribution in [0.4, 0.5) is 0 Å². The summed E-state index contributed by atoms with van der Waals surface area (Å²) in [6.45, 7) is 4.29. The fourth-order valence-electron chi connectivity index (χ4n) is 2.33. The molecule has 5 nitrogen and oxygen atoms in total. The number of aromatic amines is 1. The summed E-state index contributed by atoms with van der Waals surface area (Å²) in [5, 5.41) is 16.1. The molecule has 116 valence electrons. The number of nitrogens with zero attached hydrogens (tertiary/aromatic N) is 2. The number of carbonyl (C=O) groups is 1. The Balaban J connectivity index is 1.91. The van der Waals surface area contributed by atoms with Gasteiger partial charge in [-0.25, -0.2) is 9.78 Å². The van der Waals surface area contributed by atoms with E-state index >= 15 is 0 Å². The first kappa shape index (κ1) is 15.0. The summed E-state index contributed by atoms with van der Waals surface area (Å²) in [4.78, 5) is 15.4. The van der Waals surface area contributed by atoms with E-state index in [1.807, 2.05) is 12.1 Å². The Morgan fingerprint density at radius 1 is 1.09 bits per heavy atom. The minimum atomic E-state index is -0.944. The number of carboxylic acid groups (broad SMARTS) is 1. The highest BCUT2D eigenvalue weighted by atomic mass is 16.4. The second-order valence-electron chi connectivity index (χ2n) is 5.67. The molecule has 1 aromatic heterocycles. The lowest BCUT2D eigenvalue weighted by molar-refractivity contribution is 0.0697. The van der Waals surface area contributed by atoms with Gasteiger partial charge in [0.05, 0.1) is 5.56 Å². The van der Waals surface area contributed by atoms with E-state index in [-0.39, 0.29) is 5.56 Å². The molecular weight excluding hydrogens is 290 g/mol. The molecule has 2 aromatic carbocycles. The van der Waals surface area contributed by atoms with E-state index in [0.717, 1.165) is 11.1 Å². The number of hydrogen-bond acceptors (Lipinski definition) is 3. The number of rotatable bonds is 4. The van der Waals surface area contributed by atoms with Crippen molar-refractivity contribution in [3.63, 3.8) is 0 Å². The fraction of sp³-hybridized carbons (Fsp3) is 0.167. The van der Waals surface area contributed by atoms with Gasteiger partial charge in [-0.15, -0.1) is 0 Å². The van der Waals surface area contributed by atoms with Gasteiger partial charge in [0.25, 0.3) is 0 Å². The van der Waals surface area contributed by atoms with Crippen molar-refractivity contribution in [2.45, 2.75) is 19.8 Å². The molecule has 5 heteroatoms. The number of nitrogens with one attached hydrogen (secondary N) is 1. The monoisotopic (exact) mass is 307 g/mol. The number of aromatic nitrogens is 3. The number of H-pyrrole nitrogens is 1. The van der Waals surface area contributed by atoms with Crippen molar-refractivity contribution in [1.82, 2.24) is 15.2 Å². The smallest absolute Gasteiger partial charge is 0.335 e. The van der Waals surface area contributed by atoms with Crippen molar-refractivity contribution < 1.29 is 9.90 Å². The van der Waals surface area contributed by atoms with Gasteiger partial charge in [0.2, 0.25) is 0 Å². The number of aromatic carboxylic acids is 1. The maximum absolute atomic E-state index is 10.9. The average Bonchev–Trinajstić information content (AvgIpc) is 3.05. The maximum Gasteiger partial charge on any atom is 0.335 e. The molecule has 1 heterocycles. The van der Waals surface area contributed by atoms with Crippen molar-refractivity contribution >= 4 is 5.97 Å². The van der Waals surface area contributed by atoms with E-state index < -0.39 is 5.97 Å². The van der Waals surface area contributed by atoms with Gasteiger partial charge in [-0.05, 0) is 29.7 Å². The molecule has 0 bridgehead atoms. The molecule has 3 rings (SSSR count). The van der Waals surface area contributed by atoms with Crippen molar-refractivity contribution in [3.8, 4) is 22.8 Å². The predicted octanol–water partition coefficient (Wildman–Crippen LogP) is 3.96. The van der Waals surface area contributed by atoms with Crippen molar-refractivity contribution in [3.05, 3.63) is 59.7 Å². The fourth-order valence-corrected chi connectivity index (χ4v) is 2.33. The highest BCUT2D eigenvalue weighted by Gasteiger charge is 2.10. The normalized spacial score (nSPS) is 10.9. The standard InChI is InChI=1S/C18H17N3O2/c1-11(2)14-4-3-5-15(10-14)17-19-16(20-21-17)12-6-8-13(9-7-12)18(22)23/h3-11H,1-2H3,(H,22,23)(H,19,20,21). The van der Waals surface area contributed by atoms with Gasteiger partial charge in [0.15, 0.2) is 11.6 Å². The molecule has 0 amide bonds. The van der Waals surface area contributed by atoms with Crippen molar-refractivity contribution in [2.24, 2.45) is 0 Å². The Hall–Kier alpha value is -2.95. The van der Waals surface area contributed by atoms with Crippen LogP contribution in [0.25, 0.3) is 22.8 Å². The minimum Gasteiger partial charge on any atom is -0.478 e. The Morgan fingerprint density at radius 3 is 2.48 bits per heavy atom. The van der Waals surface area contributed by atoms with Gasteiger partial charge in [-0.2, -0.15) is 5.10 Å². The van der Waals surface area contributed by atoms with E-state index in [2.05, 4.69) is 41.2 Å². The number of carboxylic acids is 1. The van der Waals surface area contributed by atoms with Crippen LogP contribution in [-0.2, 0) is 0 Å². The lowest BCUT2D eigenvalue weighted by Gasteiger charge is -2.05. The van der Waals surface area contributed by atoms with E-state index in [1.165, 1.54) is 5.56 Å². The molecule has 23 heavy (non-hydrogen) atoms. The van der Waals surface area contributed by atoms with Crippen LogP contribution in [0.2, 0.25) is 0 Å². The van der Waals surface area contributed by atoms with E-state index in [9.17, 15) is 4.79 Å². The van der Waals surface area contributed by atoms with Crippen molar-refractivity contribution in [1.29, 1.82) is 0 Å². The Bertz CT molecular complexity index is 835. The summed E-state index contributed by atoms with van der Waals surface area (Å²) in [5.74, 6) is 0.744. The first-order chi connectivity index (χ1) is 11.0. The quantitative estimate of drug-likeness (QED) is 0.764. The van der Waals surface area contributed by atoms with E-state index in [4.69, 9.17) is 5.11 Å². The molecular formula is C18H17N3O2. The summed E-state index contributed by atoms with van der Waals surface area (Å²) < 4.78 is 0. The summed E-state index contributed by atoms with van der Waals surface area (Å²) in [6.07, 6.45) is 0. The molecule has 0 spiro atoms. The zero-order valence-electron chi connectivity index (χ0n) is 12.9. The molecule has 0 radical (unpaired) electrons. The van der Waals surface area contributed by atoms with E-state index in [0.29, 0.717) is 17.6 Å². The molecule has 0 aliphatic heterocycles. The third kappa shape index (κ3) is 3.13. The van der Waals surface area contributed by atoms with Gasteiger partial charge in [-0.1, -0.05) is 44.2 Å². The Kier molecular flexibility index (Phi) is 3.93. The Morgan fingerprint density at radius 2 is 1.83 bits per heavy atom. The van der Waals surface area contributed by atoms with E-state index in [1.54, 1.807) is 24.3 Å². The van der Waals surface area contributed by atoms with Gasteiger partial charge >= 0.3 is 5.97 Å². The van der Waals surface area contributed by atoms with Gasteiger partial charge < -0.3 is 5.11 Å². The molecule has 0 unspecified atom stereocenters. The maximum atomic E-state index is 10.9. The molecule has 0 fully saturated rings. The van der Waals surface area contributed by atoms with Crippen LogP contribution in [0.3, 0.4) is 0 Å². The second-order valence-corrected chi connectivity index (χ2v) is 5.67. The third-order valence-corrected chi connectivity index (χ3v) is 3.70. The molecule has 2 N–H and O–H groups in total. The SMILES string of the molecule is CC(C)c1cccc(-c2n[nH]c(-c3ccc(C(=O)O)cc3)n2)c1. The highest BCUT2D eigenvalue weighted by Crippen LogP contribution is 2.23. The zero-order valence-corrected chi connectivity index (χ0v) is 12.9. The molecule has 0 aliphatic rings. The summed E-state index contributed by atoms with van der Waals surface area (Å²) in [6, 6.07) is 14.7. The van der Waals surface area contributed by atoms with Gasteiger partial charge in [-0.3, -0.25) is 5.10 Å². The van der Waals surface area contributed by atoms with Crippen LogP contribution in [-0.4, -0.2) is 26.3 Å². The van der Waals surface area contributed by atoms with Crippen LogP contribution in [0.5, 0.6) is 0 Å². The lowest BCUT2D eigenvalue weighted by Crippen LogP contribution is -1.95. The largest absolute Gasteiger partial charge is 0.478 e. The van der Waals surface area contributed by atoms with Crippen LogP contribution in [0.15, 0.2) is 48.5 Å². The molecule has 0 saturated heterocycles. The highest BCUT2D eigenvalue weighted by molar-refractivity contribution is 5.88. The summed E-state index contributed by atoms with van der Waals surface area (Å²) >= 11 is 0. The minimum absolute atomic E-state index is 0.248. The molecule has 0 atom stereocenters. The van der Waals surface area contributed by atoms with Crippen molar-refractivity contribution in [2.75, 3.05) is 0 Å². The number of hydrogen-bond donors (Lipinski definition) is 2. The third-order valence-electron chi connectivity index (χ3n) is 3.70. The topological polar surface area (TPSA) is 78.9 Å². The molecule has 0 aliphatic carbocycles. The van der Waals surface area contributed by atoms with Crippen LogP contribution in [0.1, 0.15) is 35.7 Å². The first-order valence-corrected chi connectivity index (χ1v) is 7.41. The lowest BCUT2D eigenvalue weighted by atomic mass is 10.0. The summed E-state index contributed by atoms with van der Waals surface area (Å²) in [5.41, 5.74) is 3.24.